The van der Waals surface area contributed by atoms with Gasteiger partial charge in [0, 0.05) is 6.08 Å². The highest BCUT2D eigenvalue weighted by molar-refractivity contribution is 5.94. The highest BCUT2D eigenvalue weighted by Gasteiger charge is 2.17. The van der Waals surface area contributed by atoms with Crippen LogP contribution in [0.4, 0.5) is 0 Å². The summed E-state index contributed by atoms with van der Waals surface area (Å²) in [5, 5.41) is 11.3. The third-order valence-corrected chi connectivity index (χ3v) is 2.13. The van der Waals surface area contributed by atoms with Crippen LogP contribution in [0.1, 0.15) is 25.5 Å². The molecule has 0 spiro atoms. The van der Waals surface area contributed by atoms with Crippen LogP contribution in [0.2, 0.25) is 0 Å². The predicted molar refractivity (Wildman–Crippen MR) is 62.2 cm³/mol. The first kappa shape index (κ1) is 13.0. The molecule has 0 aromatic carbocycles. The first-order valence-electron chi connectivity index (χ1n) is 5.38. The van der Waals surface area contributed by atoms with Gasteiger partial charge in [0.15, 0.2) is 0 Å². The normalized spacial score (nSPS) is 12.5. The number of nitrogens with one attached hydrogen (secondary N) is 1. The second-order valence-corrected chi connectivity index (χ2v) is 3.54. The van der Waals surface area contributed by atoms with E-state index in [0.29, 0.717) is 18.6 Å². The Hall–Kier alpha value is -2.04. The van der Waals surface area contributed by atoms with Gasteiger partial charge in [-0.05, 0) is 24.6 Å². The smallest absolute Gasteiger partial charge is 0.326 e. The SMILES string of the molecule is CCCC(NC(=O)/C=C/c1ccco1)C(=O)O. The van der Waals surface area contributed by atoms with Crippen LogP contribution in [-0.4, -0.2) is 23.0 Å². The number of furan rings is 1. The number of amides is 1. The third kappa shape index (κ3) is 4.55. The van der Waals surface area contributed by atoms with Crippen LogP contribution in [0.3, 0.4) is 0 Å². The van der Waals surface area contributed by atoms with Crippen molar-refractivity contribution >= 4 is 18.0 Å². The minimum atomic E-state index is -1.02. The van der Waals surface area contributed by atoms with Crippen LogP contribution in [0.25, 0.3) is 6.08 Å². The monoisotopic (exact) mass is 237 g/mol. The van der Waals surface area contributed by atoms with Gasteiger partial charge in [-0.15, -0.1) is 0 Å². The molecular weight excluding hydrogens is 222 g/mol. The highest BCUT2D eigenvalue weighted by Crippen LogP contribution is 2.02. The number of carboxylic acids is 1. The van der Waals surface area contributed by atoms with E-state index in [9.17, 15) is 9.59 Å². The summed E-state index contributed by atoms with van der Waals surface area (Å²) in [7, 11) is 0. The Morgan fingerprint density at radius 1 is 1.59 bits per heavy atom. The number of carboxylic acid groups (broad SMARTS) is 1. The average molecular weight is 237 g/mol. The predicted octanol–water partition coefficient (Wildman–Crippen LogP) is 1.66. The Bertz CT molecular complexity index is 395. The topological polar surface area (TPSA) is 79.5 Å². The molecule has 5 heteroatoms. The molecule has 17 heavy (non-hydrogen) atoms. The molecule has 1 amide bonds. The zero-order valence-corrected chi connectivity index (χ0v) is 9.55. The van der Waals surface area contributed by atoms with E-state index in [2.05, 4.69) is 5.32 Å². The van der Waals surface area contributed by atoms with Crippen LogP contribution < -0.4 is 5.32 Å². The molecule has 1 aromatic heterocycles. The van der Waals surface area contributed by atoms with Gasteiger partial charge in [0.1, 0.15) is 11.8 Å². The fraction of sp³-hybridized carbons (Fsp3) is 0.333. The van der Waals surface area contributed by atoms with Crippen molar-refractivity contribution in [2.24, 2.45) is 0 Å². The van der Waals surface area contributed by atoms with Crippen molar-refractivity contribution in [3.63, 3.8) is 0 Å². The second kappa shape index (κ2) is 6.52. The largest absolute Gasteiger partial charge is 0.480 e. The Balaban J connectivity index is 2.50. The van der Waals surface area contributed by atoms with E-state index in [1.165, 1.54) is 18.4 Å². The first-order valence-corrected chi connectivity index (χ1v) is 5.38. The molecule has 1 rings (SSSR count). The van der Waals surface area contributed by atoms with E-state index < -0.39 is 17.9 Å². The van der Waals surface area contributed by atoms with E-state index in [0.717, 1.165) is 0 Å². The molecule has 0 saturated carbocycles. The molecule has 1 heterocycles. The molecule has 0 aliphatic rings. The molecule has 5 nitrogen and oxygen atoms in total. The third-order valence-electron chi connectivity index (χ3n) is 2.13. The Kier molecular flexibility index (Phi) is 5.00. The van der Waals surface area contributed by atoms with Crippen LogP contribution in [0, 0.1) is 0 Å². The van der Waals surface area contributed by atoms with Gasteiger partial charge in [-0.25, -0.2) is 4.79 Å². The Morgan fingerprint density at radius 3 is 2.88 bits per heavy atom. The summed E-state index contributed by atoms with van der Waals surface area (Å²) in [6.45, 7) is 1.86. The Morgan fingerprint density at radius 2 is 2.35 bits per heavy atom. The van der Waals surface area contributed by atoms with Gasteiger partial charge < -0.3 is 14.8 Å². The van der Waals surface area contributed by atoms with Crippen LogP contribution in [0.5, 0.6) is 0 Å². The number of hydrogen-bond acceptors (Lipinski definition) is 3. The molecule has 1 unspecified atom stereocenters. The lowest BCUT2D eigenvalue weighted by molar-refractivity contribution is -0.141. The maximum Gasteiger partial charge on any atom is 0.326 e. The lowest BCUT2D eigenvalue weighted by atomic mass is 10.1. The molecule has 0 saturated heterocycles. The minimum Gasteiger partial charge on any atom is -0.480 e. The average Bonchev–Trinajstić information content (AvgIpc) is 2.78. The summed E-state index contributed by atoms with van der Waals surface area (Å²) in [6, 6.07) is 2.56. The van der Waals surface area contributed by atoms with Crippen molar-refractivity contribution in [3.8, 4) is 0 Å². The van der Waals surface area contributed by atoms with Gasteiger partial charge in [0.05, 0.1) is 6.26 Å². The summed E-state index contributed by atoms with van der Waals surface area (Å²) in [4.78, 5) is 22.2. The van der Waals surface area contributed by atoms with E-state index in [1.807, 2.05) is 6.92 Å². The first-order chi connectivity index (χ1) is 8.13. The van der Waals surface area contributed by atoms with Crippen molar-refractivity contribution in [2.75, 3.05) is 0 Å². The van der Waals surface area contributed by atoms with E-state index >= 15 is 0 Å². The minimum absolute atomic E-state index is 0.412. The number of rotatable bonds is 6. The molecule has 1 aromatic rings. The van der Waals surface area contributed by atoms with Gasteiger partial charge >= 0.3 is 5.97 Å². The van der Waals surface area contributed by atoms with Crippen molar-refractivity contribution in [2.45, 2.75) is 25.8 Å². The molecular formula is C12H15NO4. The highest BCUT2D eigenvalue weighted by atomic mass is 16.4. The molecule has 2 N–H and O–H groups in total. The molecule has 0 fully saturated rings. The van der Waals surface area contributed by atoms with Gasteiger partial charge in [0.2, 0.25) is 5.91 Å². The standard InChI is InChI=1S/C12H15NO4/c1-2-4-10(12(15)16)13-11(14)7-6-9-5-3-8-17-9/h3,5-8,10H,2,4H2,1H3,(H,13,14)(H,15,16)/b7-6+. The van der Waals surface area contributed by atoms with Crippen molar-refractivity contribution < 1.29 is 19.1 Å². The van der Waals surface area contributed by atoms with Gasteiger partial charge in [-0.2, -0.15) is 0 Å². The fourth-order valence-electron chi connectivity index (χ4n) is 1.31. The Labute approximate surface area is 99.1 Å². The van der Waals surface area contributed by atoms with Crippen LogP contribution in [0.15, 0.2) is 28.9 Å². The van der Waals surface area contributed by atoms with Crippen molar-refractivity contribution in [3.05, 3.63) is 30.2 Å². The molecule has 0 radical (unpaired) electrons. The van der Waals surface area contributed by atoms with Gasteiger partial charge in [-0.1, -0.05) is 13.3 Å². The number of hydrogen-bond donors (Lipinski definition) is 2. The van der Waals surface area contributed by atoms with E-state index in [-0.39, 0.29) is 0 Å². The van der Waals surface area contributed by atoms with Crippen LogP contribution >= 0.6 is 0 Å². The van der Waals surface area contributed by atoms with Gasteiger partial charge in [0.25, 0.3) is 0 Å². The molecule has 0 aliphatic heterocycles. The molecule has 0 bridgehead atoms. The quantitative estimate of drug-likeness (QED) is 0.737. The maximum absolute atomic E-state index is 11.4. The lowest BCUT2D eigenvalue weighted by Gasteiger charge is -2.11. The van der Waals surface area contributed by atoms with Crippen LogP contribution in [-0.2, 0) is 9.59 Å². The summed E-state index contributed by atoms with van der Waals surface area (Å²) < 4.78 is 5.00. The maximum atomic E-state index is 11.4. The van der Waals surface area contributed by atoms with Crippen molar-refractivity contribution in [1.82, 2.24) is 5.32 Å². The summed E-state index contributed by atoms with van der Waals surface area (Å²) in [6.07, 6.45) is 5.34. The molecule has 0 aliphatic carbocycles. The molecule has 92 valence electrons. The summed E-state index contributed by atoms with van der Waals surface area (Å²) >= 11 is 0. The zero-order chi connectivity index (χ0) is 12.7. The molecule has 1 atom stereocenters. The lowest BCUT2D eigenvalue weighted by Crippen LogP contribution is -2.39. The summed E-state index contributed by atoms with van der Waals surface area (Å²) in [5.74, 6) is -0.920. The number of carbonyl (C=O) groups excluding carboxylic acids is 1. The van der Waals surface area contributed by atoms with Gasteiger partial charge in [-0.3, -0.25) is 4.79 Å². The van der Waals surface area contributed by atoms with E-state index in [4.69, 9.17) is 9.52 Å². The summed E-state index contributed by atoms with van der Waals surface area (Å²) in [5.41, 5.74) is 0. The van der Waals surface area contributed by atoms with Crippen molar-refractivity contribution in [1.29, 1.82) is 0 Å². The number of carbonyl (C=O) groups is 2. The zero-order valence-electron chi connectivity index (χ0n) is 9.55. The number of aliphatic carboxylic acids is 1. The second-order valence-electron chi connectivity index (χ2n) is 3.54. The fourth-order valence-corrected chi connectivity index (χ4v) is 1.31. The van der Waals surface area contributed by atoms with E-state index in [1.54, 1.807) is 12.1 Å².